The molecule has 0 aliphatic heterocycles. The van der Waals surface area contributed by atoms with Crippen molar-refractivity contribution in [3.63, 3.8) is 0 Å². The van der Waals surface area contributed by atoms with Crippen LogP contribution in [0.2, 0.25) is 0 Å². The Bertz CT molecular complexity index is 927. The van der Waals surface area contributed by atoms with E-state index in [1.165, 1.54) is 5.56 Å². The van der Waals surface area contributed by atoms with E-state index in [1.807, 2.05) is 52.0 Å². The Hall–Kier alpha value is -2.95. The first-order valence-electron chi connectivity index (χ1n) is 8.29. The fraction of sp³-hybridized carbons (Fsp3) is 0.250. The summed E-state index contributed by atoms with van der Waals surface area (Å²) < 4.78 is 0. The summed E-state index contributed by atoms with van der Waals surface area (Å²) in [6.07, 6.45) is 0. The van der Waals surface area contributed by atoms with Gasteiger partial charge in [-0.05, 0) is 51.0 Å². The first kappa shape index (κ1) is 16.9. The molecule has 0 atom stereocenters. The van der Waals surface area contributed by atoms with Gasteiger partial charge in [-0.25, -0.2) is 9.97 Å². The van der Waals surface area contributed by atoms with E-state index in [2.05, 4.69) is 32.7 Å². The molecule has 0 radical (unpaired) electrons. The summed E-state index contributed by atoms with van der Waals surface area (Å²) in [5, 5.41) is 6.07. The van der Waals surface area contributed by atoms with E-state index in [1.54, 1.807) is 0 Å². The molecule has 0 aliphatic carbocycles. The monoisotopic (exact) mass is 334 g/mol. The molecule has 5 nitrogen and oxygen atoms in total. The molecule has 0 unspecified atom stereocenters. The van der Waals surface area contributed by atoms with Gasteiger partial charge in [-0.3, -0.25) is 4.79 Å². The number of rotatable bonds is 4. The average Bonchev–Trinajstić information content (AvgIpc) is 2.56. The van der Waals surface area contributed by atoms with Crippen LogP contribution >= 0.6 is 0 Å². The number of nitrogens with one attached hydrogen (secondary N) is 2. The molecule has 3 rings (SSSR count). The van der Waals surface area contributed by atoms with Crippen LogP contribution in [0.1, 0.15) is 22.4 Å². The number of aryl methyl sites for hydroxylation is 4. The predicted octanol–water partition coefficient (Wildman–Crippen LogP) is 3.91. The molecule has 0 bridgehead atoms. The highest BCUT2D eigenvalue weighted by molar-refractivity contribution is 5.95. The van der Waals surface area contributed by atoms with Gasteiger partial charge in [-0.15, -0.1) is 0 Å². The van der Waals surface area contributed by atoms with Crippen molar-refractivity contribution in [2.45, 2.75) is 27.7 Å². The molecule has 2 aromatic carbocycles. The second kappa shape index (κ2) is 6.89. The zero-order chi connectivity index (χ0) is 18.0. The van der Waals surface area contributed by atoms with Gasteiger partial charge in [0.2, 0.25) is 5.91 Å². The third-order valence-electron chi connectivity index (χ3n) is 4.10. The van der Waals surface area contributed by atoms with Crippen molar-refractivity contribution >= 4 is 28.4 Å². The summed E-state index contributed by atoms with van der Waals surface area (Å²) in [6, 6.07) is 11.8. The third-order valence-corrected chi connectivity index (χ3v) is 4.10. The maximum absolute atomic E-state index is 12.3. The Morgan fingerprint density at radius 2 is 1.56 bits per heavy atom. The first-order chi connectivity index (χ1) is 11.9. The molecule has 1 amide bonds. The average molecular weight is 334 g/mol. The predicted molar refractivity (Wildman–Crippen MR) is 102 cm³/mol. The standard InChI is InChI=1S/C20H22N4O/c1-12-9-13(2)19(14(3)10-12)24-18(25)11-21-20-15(4)22-16-7-5-6-8-17(16)23-20/h5-10H,11H2,1-4H3,(H,21,23)(H,24,25). The first-order valence-corrected chi connectivity index (χ1v) is 8.29. The molecule has 3 aromatic rings. The molecular weight excluding hydrogens is 312 g/mol. The minimum absolute atomic E-state index is 0.107. The normalized spacial score (nSPS) is 10.7. The van der Waals surface area contributed by atoms with Gasteiger partial charge in [-0.2, -0.15) is 0 Å². The van der Waals surface area contributed by atoms with Crippen molar-refractivity contribution in [1.29, 1.82) is 0 Å². The van der Waals surface area contributed by atoms with E-state index in [9.17, 15) is 4.79 Å². The van der Waals surface area contributed by atoms with Gasteiger partial charge >= 0.3 is 0 Å². The molecule has 1 heterocycles. The fourth-order valence-electron chi connectivity index (χ4n) is 2.98. The van der Waals surface area contributed by atoms with Crippen LogP contribution in [-0.2, 0) is 4.79 Å². The molecule has 0 spiro atoms. The second-order valence-corrected chi connectivity index (χ2v) is 6.32. The van der Waals surface area contributed by atoms with Gasteiger partial charge in [0.15, 0.2) is 0 Å². The number of nitrogens with zero attached hydrogens (tertiary/aromatic N) is 2. The fourth-order valence-corrected chi connectivity index (χ4v) is 2.98. The van der Waals surface area contributed by atoms with Crippen molar-refractivity contribution < 1.29 is 4.79 Å². The van der Waals surface area contributed by atoms with Crippen molar-refractivity contribution in [3.05, 3.63) is 58.8 Å². The number of fused-ring (bicyclic) bond motifs is 1. The van der Waals surface area contributed by atoms with Gasteiger partial charge in [0.05, 0.1) is 23.3 Å². The number of amides is 1. The molecule has 5 heteroatoms. The number of benzene rings is 2. The number of aromatic nitrogens is 2. The summed E-state index contributed by atoms with van der Waals surface area (Å²) in [5.41, 5.74) is 6.61. The lowest BCUT2D eigenvalue weighted by Gasteiger charge is -2.14. The largest absolute Gasteiger partial charge is 0.359 e. The van der Waals surface area contributed by atoms with E-state index in [-0.39, 0.29) is 12.5 Å². The van der Waals surface area contributed by atoms with Crippen LogP contribution < -0.4 is 10.6 Å². The number of anilines is 2. The number of carbonyl (C=O) groups is 1. The molecular formula is C20H22N4O. The summed E-state index contributed by atoms with van der Waals surface area (Å²) in [5.74, 6) is 0.524. The second-order valence-electron chi connectivity index (χ2n) is 6.32. The van der Waals surface area contributed by atoms with Crippen molar-refractivity contribution in [1.82, 2.24) is 9.97 Å². The molecule has 2 N–H and O–H groups in total. The molecule has 0 saturated carbocycles. The van der Waals surface area contributed by atoms with Gasteiger partial charge < -0.3 is 10.6 Å². The lowest BCUT2D eigenvalue weighted by molar-refractivity contribution is -0.114. The van der Waals surface area contributed by atoms with E-state index in [0.717, 1.165) is 33.5 Å². The van der Waals surface area contributed by atoms with Crippen LogP contribution in [0, 0.1) is 27.7 Å². The summed E-state index contributed by atoms with van der Waals surface area (Å²) in [6.45, 7) is 8.08. The van der Waals surface area contributed by atoms with Gasteiger partial charge in [-0.1, -0.05) is 29.8 Å². The zero-order valence-electron chi connectivity index (χ0n) is 15.0. The SMILES string of the molecule is Cc1cc(C)c(NC(=O)CNc2nc3ccccc3nc2C)c(C)c1. The van der Waals surface area contributed by atoms with Crippen LogP contribution in [0.15, 0.2) is 36.4 Å². The third kappa shape index (κ3) is 3.76. The Kier molecular flexibility index (Phi) is 4.65. The Morgan fingerprint density at radius 3 is 2.20 bits per heavy atom. The van der Waals surface area contributed by atoms with E-state index in [4.69, 9.17) is 0 Å². The summed E-state index contributed by atoms with van der Waals surface area (Å²) in [4.78, 5) is 21.4. The molecule has 1 aromatic heterocycles. The summed E-state index contributed by atoms with van der Waals surface area (Å²) in [7, 11) is 0. The number of hydrogen-bond donors (Lipinski definition) is 2. The molecule has 25 heavy (non-hydrogen) atoms. The molecule has 0 aliphatic rings. The number of hydrogen-bond acceptors (Lipinski definition) is 4. The van der Waals surface area contributed by atoms with Gasteiger partial charge in [0, 0.05) is 5.69 Å². The van der Waals surface area contributed by atoms with Crippen LogP contribution in [0.25, 0.3) is 11.0 Å². The smallest absolute Gasteiger partial charge is 0.243 e. The van der Waals surface area contributed by atoms with Crippen LogP contribution in [0.3, 0.4) is 0 Å². The quantitative estimate of drug-likeness (QED) is 0.759. The summed E-state index contributed by atoms with van der Waals surface area (Å²) >= 11 is 0. The molecule has 0 fully saturated rings. The Labute approximate surface area is 147 Å². The van der Waals surface area contributed by atoms with E-state index < -0.39 is 0 Å². The van der Waals surface area contributed by atoms with Crippen molar-refractivity contribution in [3.8, 4) is 0 Å². The lowest BCUT2D eigenvalue weighted by atomic mass is 10.1. The zero-order valence-corrected chi connectivity index (χ0v) is 15.0. The highest BCUT2D eigenvalue weighted by Crippen LogP contribution is 2.22. The number of carbonyl (C=O) groups excluding carboxylic acids is 1. The Balaban J connectivity index is 1.72. The number of para-hydroxylation sites is 2. The maximum Gasteiger partial charge on any atom is 0.243 e. The highest BCUT2D eigenvalue weighted by atomic mass is 16.1. The van der Waals surface area contributed by atoms with Crippen LogP contribution in [0.4, 0.5) is 11.5 Å². The topological polar surface area (TPSA) is 66.9 Å². The molecule has 0 saturated heterocycles. The highest BCUT2D eigenvalue weighted by Gasteiger charge is 2.10. The maximum atomic E-state index is 12.3. The molecule has 128 valence electrons. The van der Waals surface area contributed by atoms with Gasteiger partial charge in [0.25, 0.3) is 0 Å². The Morgan fingerprint density at radius 1 is 0.960 bits per heavy atom. The van der Waals surface area contributed by atoms with Crippen molar-refractivity contribution in [2.75, 3.05) is 17.2 Å². The minimum atomic E-state index is -0.107. The van der Waals surface area contributed by atoms with E-state index >= 15 is 0 Å². The van der Waals surface area contributed by atoms with Crippen molar-refractivity contribution in [2.24, 2.45) is 0 Å². The van der Waals surface area contributed by atoms with Crippen LogP contribution in [0.5, 0.6) is 0 Å². The van der Waals surface area contributed by atoms with E-state index in [0.29, 0.717) is 5.82 Å². The van der Waals surface area contributed by atoms with Crippen LogP contribution in [-0.4, -0.2) is 22.4 Å². The lowest BCUT2D eigenvalue weighted by Crippen LogP contribution is -2.23. The van der Waals surface area contributed by atoms with Gasteiger partial charge in [0.1, 0.15) is 5.82 Å². The minimum Gasteiger partial charge on any atom is -0.359 e.